The van der Waals surface area contributed by atoms with Crippen LogP contribution in [0.15, 0.2) is 36.9 Å². The largest absolute Gasteiger partial charge is 0.474 e. The molecule has 0 unspecified atom stereocenters. The first-order chi connectivity index (χ1) is 11.8. The Labute approximate surface area is 140 Å². The van der Waals surface area contributed by atoms with Gasteiger partial charge in [0, 0.05) is 56.0 Å². The second kappa shape index (κ2) is 6.43. The highest BCUT2D eigenvalue weighted by molar-refractivity contribution is 5.40. The first kappa shape index (κ1) is 14.9. The molecule has 0 aromatic carbocycles. The van der Waals surface area contributed by atoms with E-state index >= 15 is 0 Å². The number of aryl methyl sites for hydroxylation is 1. The predicted molar refractivity (Wildman–Crippen MR) is 90.3 cm³/mol. The standard InChI is InChI=1S/C17H20N6O/c1-2-13-11-16(19-12-18-13)22-8-4-14(5-9-22)24-17-6-10-23-15(21-17)3-7-20-23/h3,6-7,10-12,14H,2,4-5,8-9H2,1H3. The zero-order chi connectivity index (χ0) is 16.4. The highest BCUT2D eigenvalue weighted by Crippen LogP contribution is 2.21. The van der Waals surface area contributed by atoms with Crippen LogP contribution in [0.2, 0.25) is 0 Å². The second-order valence-electron chi connectivity index (χ2n) is 5.93. The summed E-state index contributed by atoms with van der Waals surface area (Å²) in [4.78, 5) is 15.4. The van der Waals surface area contributed by atoms with E-state index in [1.807, 2.05) is 18.3 Å². The topological polar surface area (TPSA) is 68.4 Å². The fourth-order valence-electron chi connectivity index (χ4n) is 2.99. The Morgan fingerprint density at radius 2 is 2.08 bits per heavy atom. The number of aromatic nitrogens is 5. The highest BCUT2D eigenvalue weighted by Gasteiger charge is 2.22. The SMILES string of the molecule is CCc1cc(N2CCC(Oc3ccn4nccc4n3)CC2)ncn1. The minimum atomic E-state index is 0.187. The molecule has 0 aliphatic carbocycles. The Hall–Kier alpha value is -2.70. The average Bonchev–Trinajstić information content (AvgIpc) is 3.10. The molecule has 4 heterocycles. The van der Waals surface area contributed by atoms with Crippen LogP contribution in [0.25, 0.3) is 5.65 Å². The van der Waals surface area contributed by atoms with Crippen LogP contribution in [0.1, 0.15) is 25.5 Å². The summed E-state index contributed by atoms with van der Waals surface area (Å²) in [5.74, 6) is 1.68. The molecule has 1 saturated heterocycles. The van der Waals surface area contributed by atoms with E-state index in [1.54, 1.807) is 17.0 Å². The fourth-order valence-corrected chi connectivity index (χ4v) is 2.99. The van der Waals surface area contributed by atoms with E-state index < -0.39 is 0 Å². The van der Waals surface area contributed by atoms with Crippen LogP contribution in [0.5, 0.6) is 5.88 Å². The maximum atomic E-state index is 6.05. The summed E-state index contributed by atoms with van der Waals surface area (Å²) in [5.41, 5.74) is 1.88. The molecule has 1 aliphatic heterocycles. The second-order valence-corrected chi connectivity index (χ2v) is 5.93. The minimum absolute atomic E-state index is 0.187. The zero-order valence-corrected chi connectivity index (χ0v) is 13.7. The van der Waals surface area contributed by atoms with E-state index in [2.05, 4.69) is 37.9 Å². The lowest BCUT2D eigenvalue weighted by Crippen LogP contribution is -2.38. The molecule has 7 nitrogen and oxygen atoms in total. The number of nitrogens with zero attached hydrogens (tertiary/aromatic N) is 6. The van der Waals surface area contributed by atoms with Crippen LogP contribution >= 0.6 is 0 Å². The molecule has 7 heteroatoms. The number of anilines is 1. The van der Waals surface area contributed by atoms with Gasteiger partial charge in [0.1, 0.15) is 18.2 Å². The lowest BCUT2D eigenvalue weighted by Gasteiger charge is -2.32. The number of hydrogen-bond donors (Lipinski definition) is 0. The monoisotopic (exact) mass is 324 g/mol. The summed E-state index contributed by atoms with van der Waals surface area (Å²) in [7, 11) is 0. The molecule has 4 rings (SSSR count). The van der Waals surface area contributed by atoms with Gasteiger partial charge in [-0.25, -0.2) is 14.5 Å². The van der Waals surface area contributed by atoms with Crippen molar-refractivity contribution in [1.82, 2.24) is 24.6 Å². The Balaban J connectivity index is 1.38. The summed E-state index contributed by atoms with van der Waals surface area (Å²) < 4.78 is 7.78. The van der Waals surface area contributed by atoms with Crippen LogP contribution in [0, 0.1) is 0 Å². The maximum absolute atomic E-state index is 6.05. The van der Waals surface area contributed by atoms with E-state index in [0.717, 1.165) is 49.5 Å². The quantitative estimate of drug-likeness (QED) is 0.732. The third kappa shape index (κ3) is 3.02. The molecule has 0 atom stereocenters. The number of ether oxygens (including phenoxy) is 1. The van der Waals surface area contributed by atoms with E-state index in [4.69, 9.17) is 4.74 Å². The van der Waals surface area contributed by atoms with Gasteiger partial charge in [-0.1, -0.05) is 6.92 Å². The molecule has 0 spiro atoms. The van der Waals surface area contributed by atoms with Gasteiger partial charge in [0.25, 0.3) is 0 Å². The van der Waals surface area contributed by atoms with Gasteiger partial charge < -0.3 is 9.64 Å². The van der Waals surface area contributed by atoms with Crippen LogP contribution in [0.4, 0.5) is 5.82 Å². The molecular weight excluding hydrogens is 304 g/mol. The summed E-state index contributed by atoms with van der Waals surface area (Å²) in [6.07, 6.45) is 8.29. The summed E-state index contributed by atoms with van der Waals surface area (Å²) in [6, 6.07) is 5.82. The Kier molecular flexibility index (Phi) is 3.98. The van der Waals surface area contributed by atoms with Crippen LogP contribution in [-0.4, -0.2) is 43.8 Å². The Bertz CT molecular complexity index is 825. The molecule has 0 N–H and O–H groups in total. The normalized spacial score (nSPS) is 15.8. The molecule has 0 bridgehead atoms. The molecule has 1 aliphatic rings. The van der Waals surface area contributed by atoms with E-state index in [9.17, 15) is 0 Å². The Morgan fingerprint density at radius 1 is 1.21 bits per heavy atom. The molecular formula is C17H20N6O. The first-order valence-corrected chi connectivity index (χ1v) is 8.35. The van der Waals surface area contributed by atoms with Gasteiger partial charge in [-0.05, 0) is 6.42 Å². The smallest absolute Gasteiger partial charge is 0.217 e. The minimum Gasteiger partial charge on any atom is -0.474 e. The van der Waals surface area contributed by atoms with Gasteiger partial charge in [-0.2, -0.15) is 10.1 Å². The van der Waals surface area contributed by atoms with Crippen molar-refractivity contribution in [2.24, 2.45) is 0 Å². The Morgan fingerprint density at radius 3 is 2.92 bits per heavy atom. The molecule has 3 aromatic rings. The van der Waals surface area contributed by atoms with E-state index in [-0.39, 0.29) is 6.10 Å². The van der Waals surface area contributed by atoms with Gasteiger partial charge in [0.15, 0.2) is 5.65 Å². The van der Waals surface area contributed by atoms with E-state index in [0.29, 0.717) is 5.88 Å². The summed E-state index contributed by atoms with van der Waals surface area (Å²) >= 11 is 0. The van der Waals surface area contributed by atoms with Crippen molar-refractivity contribution in [3.63, 3.8) is 0 Å². The molecule has 3 aromatic heterocycles. The third-order valence-electron chi connectivity index (χ3n) is 4.36. The predicted octanol–water partition coefficient (Wildman–Crippen LogP) is 2.13. The van der Waals surface area contributed by atoms with E-state index in [1.165, 1.54) is 0 Å². The molecule has 0 saturated carbocycles. The maximum Gasteiger partial charge on any atom is 0.217 e. The highest BCUT2D eigenvalue weighted by atomic mass is 16.5. The third-order valence-corrected chi connectivity index (χ3v) is 4.36. The summed E-state index contributed by atoms with van der Waals surface area (Å²) in [6.45, 7) is 3.97. The molecule has 124 valence electrons. The van der Waals surface area contributed by atoms with Crippen LogP contribution in [0.3, 0.4) is 0 Å². The van der Waals surface area contributed by atoms with Crippen molar-refractivity contribution in [3.05, 3.63) is 42.6 Å². The van der Waals surface area contributed by atoms with Crippen molar-refractivity contribution in [3.8, 4) is 5.88 Å². The summed E-state index contributed by atoms with van der Waals surface area (Å²) in [5, 5.41) is 4.14. The average molecular weight is 324 g/mol. The van der Waals surface area contributed by atoms with Crippen molar-refractivity contribution in [2.75, 3.05) is 18.0 Å². The first-order valence-electron chi connectivity index (χ1n) is 8.35. The lowest BCUT2D eigenvalue weighted by molar-refractivity contribution is 0.164. The van der Waals surface area contributed by atoms with Crippen molar-refractivity contribution >= 4 is 11.5 Å². The number of rotatable bonds is 4. The number of hydrogen-bond acceptors (Lipinski definition) is 6. The van der Waals surface area contributed by atoms with Gasteiger partial charge in [-0.15, -0.1) is 0 Å². The van der Waals surface area contributed by atoms with Crippen molar-refractivity contribution < 1.29 is 4.74 Å². The van der Waals surface area contributed by atoms with Crippen LogP contribution in [-0.2, 0) is 6.42 Å². The van der Waals surface area contributed by atoms with Gasteiger partial charge in [0.2, 0.25) is 5.88 Å². The van der Waals surface area contributed by atoms with Gasteiger partial charge >= 0.3 is 0 Å². The van der Waals surface area contributed by atoms with Crippen LogP contribution < -0.4 is 9.64 Å². The number of piperidine rings is 1. The molecule has 24 heavy (non-hydrogen) atoms. The van der Waals surface area contributed by atoms with Crippen molar-refractivity contribution in [2.45, 2.75) is 32.3 Å². The molecule has 1 fully saturated rings. The zero-order valence-electron chi connectivity index (χ0n) is 13.7. The van der Waals surface area contributed by atoms with Gasteiger partial charge in [0.05, 0.1) is 6.20 Å². The molecule has 0 amide bonds. The van der Waals surface area contributed by atoms with Gasteiger partial charge in [-0.3, -0.25) is 0 Å². The fraction of sp³-hybridized carbons (Fsp3) is 0.412. The molecule has 0 radical (unpaired) electrons. The lowest BCUT2D eigenvalue weighted by atomic mass is 10.1. The van der Waals surface area contributed by atoms with Crippen molar-refractivity contribution in [1.29, 1.82) is 0 Å². The number of fused-ring (bicyclic) bond motifs is 1.